The van der Waals surface area contributed by atoms with Crippen molar-refractivity contribution in [3.8, 4) is 0 Å². The van der Waals surface area contributed by atoms with E-state index >= 15 is 0 Å². The number of hydrogen-bond acceptors (Lipinski definition) is 10. The maximum absolute atomic E-state index is 14.3. The van der Waals surface area contributed by atoms with E-state index in [0.29, 0.717) is 12.8 Å². The van der Waals surface area contributed by atoms with Crippen molar-refractivity contribution in [2.24, 2.45) is 28.1 Å². The van der Waals surface area contributed by atoms with Crippen LogP contribution in [0.4, 0.5) is 0 Å². The number of Topliss-reactive ketones (excluding diaryl/α,β-unsaturated/α-hetero) is 1. The molecule has 0 aromatic carbocycles. The van der Waals surface area contributed by atoms with E-state index in [-0.39, 0.29) is 48.6 Å². The van der Waals surface area contributed by atoms with Gasteiger partial charge in [0.15, 0.2) is 6.10 Å². The van der Waals surface area contributed by atoms with E-state index in [1.165, 1.54) is 6.08 Å². The fourth-order valence-corrected chi connectivity index (χ4v) is 9.54. The molecule has 4 saturated heterocycles. The third kappa shape index (κ3) is 2.23. The van der Waals surface area contributed by atoms with Gasteiger partial charge in [0.1, 0.15) is 24.1 Å². The highest BCUT2D eigenvalue weighted by Crippen LogP contribution is 2.78. The Hall–Kier alpha value is -2.30. The highest BCUT2D eigenvalue weighted by molar-refractivity contribution is 5.94. The summed E-state index contributed by atoms with van der Waals surface area (Å²) in [6.45, 7) is 7.90. The molecule has 36 heavy (non-hydrogen) atoms. The lowest BCUT2D eigenvalue weighted by atomic mass is 9.37. The van der Waals surface area contributed by atoms with E-state index in [4.69, 9.17) is 23.7 Å². The monoisotopic (exact) mass is 502 g/mol. The molecule has 1 N–H and O–H groups in total. The molecule has 0 bridgehead atoms. The zero-order valence-corrected chi connectivity index (χ0v) is 20.7. The summed E-state index contributed by atoms with van der Waals surface area (Å²) in [6, 6.07) is 0. The Labute approximate surface area is 207 Å². The normalized spacial score (nSPS) is 54.1. The number of carbonyl (C=O) groups is 4. The fourth-order valence-electron chi connectivity index (χ4n) is 9.54. The molecule has 7 rings (SSSR count). The molecule has 5 heterocycles. The molecule has 0 aromatic heterocycles. The van der Waals surface area contributed by atoms with Gasteiger partial charge in [-0.2, -0.15) is 0 Å². The zero-order valence-electron chi connectivity index (χ0n) is 20.7. The molecular weight excluding hydrogens is 472 g/mol. The summed E-state index contributed by atoms with van der Waals surface area (Å²) in [5.41, 5.74) is -4.23. The number of epoxide rings is 1. The van der Waals surface area contributed by atoms with Crippen LogP contribution >= 0.6 is 0 Å². The van der Waals surface area contributed by atoms with E-state index in [1.807, 2.05) is 27.7 Å². The summed E-state index contributed by atoms with van der Waals surface area (Å²) in [5, 5.41) is 10.4. The Balaban J connectivity index is 1.39. The zero-order chi connectivity index (χ0) is 25.6. The summed E-state index contributed by atoms with van der Waals surface area (Å²) in [4.78, 5) is 51.7. The van der Waals surface area contributed by atoms with Crippen molar-refractivity contribution in [3.05, 3.63) is 11.6 Å². The molecule has 2 saturated carbocycles. The second-order valence-electron chi connectivity index (χ2n) is 12.6. The number of esters is 3. The molecule has 0 radical (unpaired) electrons. The maximum atomic E-state index is 14.3. The van der Waals surface area contributed by atoms with Gasteiger partial charge in [0.05, 0.1) is 23.5 Å². The number of rotatable bonds is 1. The number of fused-ring (bicyclic) bond motifs is 1. The molecule has 2 aliphatic carbocycles. The first-order chi connectivity index (χ1) is 16.8. The minimum Gasteiger partial charge on any atom is -0.465 e. The van der Waals surface area contributed by atoms with Gasteiger partial charge in [-0.25, -0.2) is 9.59 Å². The van der Waals surface area contributed by atoms with Crippen molar-refractivity contribution >= 4 is 23.7 Å². The lowest BCUT2D eigenvalue weighted by molar-refractivity contribution is -0.223. The molecule has 5 aliphatic heterocycles. The quantitative estimate of drug-likeness (QED) is 0.314. The molecular formula is C26H30O10. The van der Waals surface area contributed by atoms with Crippen LogP contribution in [0.5, 0.6) is 0 Å². The Morgan fingerprint density at radius 1 is 0.944 bits per heavy atom. The van der Waals surface area contributed by atoms with Crippen LogP contribution in [-0.4, -0.2) is 71.2 Å². The maximum Gasteiger partial charge on any atom is 0.339 e. The fraction of sp³-hybridized carbons (Fsp3) is 0.769. The Bertz CT molecular complexity index is 1170. The van der Waals surface area contributed by atoms with Crippen molar-refractivity contribution in [3.63, 3.8) is 0 Å². The van der Waals surface area contributed by atoms with E-state index in [9.17, 15) is 24.3 Å². The van der Waals surface area contributed by atoms with E-state index in [1.54, 1.807) is 0 Å². The highest BCUT2D eigenvalue weighted by atomic mass is 16.7. The van der Waals surface area contributed by atoms with Gasteiger partial charge < -0.3 is 28.8 Å². The third-order valence-corrected chi connectivity index (χ3v) is 11.0. The molecule has 2 spiro atoms. The van der Waals surface area contributed by atoms with Gasteiger partial charge in [-0.05, 0) is 39.5 Å². The Morgan fingerprint density at radius 3 is 2.39 bits per heavy atom. The number of ketones is 1. The van der Waals surface area contributed by atoms with Crippen LogP contribution < -0.4 is 0 Å². The van der Waals surface area contributed by atoms with E-state index in [0.717, 1.165) is 0 Å². The van der Waals surface area contributed by atoms with Gasteiger partial charge >= 0.3 is 17.9 Å². The first kappa shape index (κ1) is 22.9. The van der Waals surface area contributed by atoms with Crippen LogP contribution in [0.25, 0.3) is 0 Å². The Morgan fingerprint density at radius 2 is 1.69 bits per heavy atom. The number of carbonyl (C=O) groups excluding carboxylic acids is 4. The smallest absolute Gasteiger partial charge is 0.339 e. The minimum absolute atomic E-state index is 0.00694. The summed E-state index contributed by atoms with van der Waals surface area (Å²) in [6.07, 6.45) is -1.25. The average Bonchev–Trinajstić information content (AvgIpc) is 3.43. The number of aliphatic hydroxyl groups excluding tert-OH is 1. The molecule has 6 unspecified atom stereocenters. The molecule has 194 valence electrons. The minimum atomic E-state index is -1.53. The highest BCUT2D eigenvalue weighted by Gasteiger charge is 2.90. The number of ether oxygens (including phenoxy) is 5. The third-order valence-electron chi connectivity index (χ3n) is 11.0. The second-order valence-corrected chi connectivity index (χ2v) is 12.6. The summed E-state index contributed by atoms with van der Waals surface area (Å²) in [5.74, 6) is -2.06. The molecule has 6 fully saturated rings. The van der Waals surface area contributed by atoms with Gasteiger partial charge in [0.25, 0.3) is 0 Å². The topological polar surface area (TPSA) is 138 Å². The van der Waals surface area contributed by atoms with Crippen molar-refractivity contribution in [2.75, 3.05) is 6.61 Å². The van der Waals surface area contributed by atoms with Crippen LogP contribution in [0.15, 0.2) is 11.6 Å². The first-order valence-corrected chi connectivity index (χ1v) is 12.7. The van der Waals surface area contributed by atoms with Crippen LogP contribution in [0.3, 0.4) is 0 Å². The van der Waals surface area contributed by atoms with Crippen LogP contribution in [-0.2, 0) is 42.9 Å². The van der Waals surface area contributed by atoms with Crippen LogP contribution in [0.1, 0.15) is 53.4 Å². The molecule has 10 nitrogen and oxygen atoms in total. The predicted molar refractivity (Wildman–Crippen MR) is 117 cm³/mol. The molecule has 0 amide bonds. The van der Waals surface area contributed by atoms with Gasteiger partial charge in [-0.15, -0.1) is 0 Å². The molecule has 7 aliphatic rings. The lowest BCUT2D eigenvalue weighted by Gasteiger charge is -2.65. The van der Waals surface area contributed by atoms with Crippen molar-refractivity contribution in [2.45, 2.75) is 89.2 Å². The van der Waals surface area contributed by atoms with Gasteiger partial charge in [-0.3, -0.25) is 9.59 Å². The lowest BCUT2D eigenvalue weighted by Crippen LogP contribution is -2.74. The van der Waals surface area contributed by atoms with Crippen molar-refractivity contribution in [1.29, 1.82) is 0 Å². The SMILES string of the molecule is CC1(C)OC2CC(=O)OC[C@@]23C1CC(=O)[C@]1(C)C3CC[C@@]2(C)C(C3=CC(=O)OC3O)OC(=O)C3O[C@]321. The largest absolute Gasteiger partial charge is 0.465 e. The number of cyclic esters (lactones) is 3. The van der Waals surface area contributed by atoms with Crippen molar-refractivity contribution in [1.82, 2.24) is 0 Å². The molecule has 10 heteroatoms. The molecule has 0 aromatic rings. The molecule has 10 atom stereocenters. The second kappa shape index (κ2) is 6.39. The van der Waals surface area contributed by atoms with E-state index in [2.05, 4.69) is 0 Å². The van der Waals surface area contributed by atoms with Gasteiger partial charge in [0.2, 0.25) is 6.29 Å². The number of hydrogen-bond donors (Lipinski definition) is 1. The Kier molecular flexibility index (Phi) is 4.06. The predicted octanol–water partition coefficient (Wildman–Crippen LogP) is 0.973. The van der Waals surface area contributed by atoms with Gasteiger partial charge in [-0.1, -0.05) is 6.92 Å². The van der Waals surface area contributed by atoms with Crippen molar-refractivity contribution < 1.29 is 48.0 Å². The summed E-state index contributed by atoms with van der Waals surface area (Å²) < 4.78 is 29.1. The van der Waals surface area contributed by atoms with Crippen LogP contribution in [0, 0.1) is 28.1 Å². The number of aliphatic hydroxyl groups is 1. The van der Waals surface area contributed by atoms with E-state index < -0.39 is 64.0 Å². The first-order valence-electron chi connectivity index (χ1n) is 12.7. The average molecular weight is 503 g/mol. The standard InChI is InChI=1S/C26H30O10/c1-22(2)13-8-14(27)24(4)12(25(13)10-32-16(28)9-15(25)35-22)5-6-23(3)18(11-7-17(29)33-20(11)30)34-21(31)19-26(23,24)36-19/h7,12-13,15,18-20,30H,5-6,8-10H2,1-4H3/t12?,13?,15?,18?,19?,20?,23-,24-,25+,26+/m0/s1. The summed E-state index contributed by atoms with van der Waals surface area (Å²) >= 11 is 0. The van der Waals surface area contributed by atoms with Gasteiger partial charge in [0, 0.05) is 34.8 Å². The van der Waals surface area contributed by atoms with Crippen LogP contribution in [0.2, 0.25) is 0 Å². The summed E-state index contributed by atoms with van der Waals surface area (Å²) in [7, 11) is 0.